The first-order valence-corrected chi connectivity index (χ1v) is 9.82. The second kappa shape index (κ2) is 8.24. The first-order chi connectivity index (χ1) is 14.1. The Bertz CT molecular complexity index is 1030. The molecule has 2 aromatic carbocycles. The second-order valence-electron chi connectivity index (χ2n) is 6.42. The van der Waals surface area contributed by atoms with Crippen molar-refractivity contribution in [2.24, 2.45) is 0 Å². The number of nitrogens with one attached hydrogen (secondary N) is 1. The average Bonchev–Trinajstić information content (AvgIpc) is 3.35. The summed E-state index contributed by atoms with van der Waals surface area (Å²) in [6.45, 7) is 0.277. The molecule has 0 saturated carbocycles. The van der Waals surface area contributed by atoms with Crippen LogP contribution in [0.2, 0.25) is 0 Å². The van der Waals surface area contributed by atoms with Crippen LogP contribution in [0.5, 0.6) is 0 Å². The molecule has 4 rings (SSSR count). The minimum absolute atomic E-state index is 0.0197. The van der Waals surface area contributed by atoms with Crippen molar-refractivity contribution >= 4 is 29.2 Å². The van der Waals surface area contributed by atoms with Gasteiger partial charge in [-0.15, -0.1) is 11.3 Å². The zero-order chi connectivity index (χ0) is 20.2. The summed E-state index contributed by atoms with van der Waals surface area (Å²) < 4.78 is 5.35. The first-order valence-electron chi connectivity index (χ1n) is 8.94. The third-order valence-electron chi connectivity index (χ3n) is 4.39. The highest BCUT2D eigenvalue weighted by Crippen LogP contribution is 2.23. The smallest absolute Gasteiger partial charge is 0.338 e. The standard InChI is InChI=1S/C21H17N3O4S/c25-18-10-22-21(27)24(18)11-14-6-8-16(9-7-14)20(26)28-12-17-13-29-19(23-17)15-4-2-1-3-5-15/h1-9,13H,10-12H2,(H,22,27). The number of carbonyl (C=O) groups is 3. The molecule has 7 nitrogen and oxygen atoms in total. The molecule has 2 heterocycles. The van der Waals surface area contributed by atoms with Gasteiger partial charge in [-0.2, -0.15) is 0 Å². The molecule has 1 fully saturated rings. The number of hydrogen-bond donors (Lipinski definition) is 1. The van der Waals surface area contributed by atoms with E-state index in [1.807, 2.05) is 35.7 Å². The van der Waals surface area contributed by atoms with Crippen molar-refractivity contribution in [2.45, 2.75) is 13.2 Å². The highest BCUT2D eigenvalue weighted by molar-refractivity contribution is 7.13. The quantitative estimate of drug-likeness (QED) is 0.501. The molecule has 3 aromatic rings. The molecule has 0 atom stereocenters. The molecule has 3 amide bonds. The molecular formula is C21H17N3O4S. The molecule has 0 radical (unpaired) electrons. The summed E-state index contributed by atoms with van der Waals surface area (Å²) in [7, 11) is 0. The zero-order valence-corrected chi connectivity index (χ0v) is 16.1. The lowest BCUT2D eigenvalue weighted by molar-refractivity contribution is -0.125. The Hall–Kier alpha value is -3.52. The van der Waals surface area contributed by atoms with E-state index in [0.29, 0.717) is 11.3 Å². The molecule has 0 spiro atoms. The third-order valence-corrected chi connectivity index (χ3v) is 5.33. The topological polar surface area (TPSA) is 88.6 Å². The molecule has 8 heteroatoms. The van der Waals surface area contributed by atoms with Gasteiger partial charge in [-0.3, -0.25) is 9.69 Å². The molecule has 29 heavy (non-hydrogen) atoms. The normalized spacial score (nSPS) is 13.4. The first kappa shape index (κ1) is 18.8. The Balaban J connectivity index is 1.34. The Morgan fingerprint density at radius 3 is 2.55 bits per heavy atom. The summed E-state index contributed by atoms with van der Waals surface area (Å²) in [4.78, 5) is 41.1. The third kappa shape index (κ3) is 4.33. The number of nitrogens with zero attached hydrogens (tertiary/aromatic N) is 2. The van der Waals surface area contributed by atoms with Crippen molar-refractivity contribution in [2.75, 3.05) is 6.54 Å². The maximum Gasteiger partial charge on any atom is 0.338 e. The van der Waals surface area contributed by atoms with E-state index in [2.05, 4.69) is 10.3 Å². The predicted octanol–water partition coefficient (Wildman–Crippen LogP) is 3.22. The van der Waals surface area contributed by atoms with Crippen molar-refractivity contribution in [1.29, 1.82) is 0 Å². The second-order valence-corrected chi connectivity index (χ2v) is 7.28. The summed E-state index contributed by atoms with van der Waals surface area (Å²) in [6.07, 6.45) is 0. The van der Waals surface area contributed by atoms with Crippen LogP contribution in [0.3, 0.4) is 0 Å². The fourth-order valence-corrected chi connectivity index (χ4v) is 3.66. The van der Waals surface area contributed by atoms with Gasteiger partial charge in [0.05, 0.1) is 24.3 Å². The number of imide groups is 1. The number of ether oxygens (including phenoxy) is 1. The number of aromatic nitrogens is 1. The van der Waals surface area contributed by atoms with Crippen molar-refractivity contribution in [3.05, 3.63) is 76.8 Å². The molecule has 0 bridgehead atoms. The average molecular weight is 407 g/mol. The highest BCUT2D eigenvalue weighted by atomic mass is 32.1. The number of benzene rings is 2. The minimum Gasteiger partial charge on any atom is -0.456 e. The van der Waals surface area contributed by atoms with Crippen LogP contribution in [0, 0.1) is 0 Å². The molecule has 1 aliphatic heterocycles. The highest BCUT2D eigenvalue weighted by Gasteiger charge is 2.28. The van der Waals surface area contributed by atoms with E-state index in [1.165, 1.54) is 11.3 Å². The van der Waals surface area contributed by atoms with Crippen LogP contribution in [0.15, 0.2) is 60.0 Å². The molecule has 0 aliphatic carbocycles. The number of hydrogen-bond acceptors (Lipinski definition) is 6. The number of urea groups is 1. The molecule has 1 aliphatic rings. The summed E-state index contributed by atoms with van der Waals surface area (Å²) >= 11 is 1.50. The van der Waals surface area contributed by atoms with Crippen LogP contribution >= 0.6 is 11.3 Å². The molecule has 1 N–H and O–H groups in total. The van der Waals surface area contributed by atoms with Crippen LogP contribution in [-0.2, 0) is 22.7 Å². The number of thiazole rings is 1. The van der Waals surface area contributed by atoms with E-state index in [-0.39, 0.29) is 25.6 Å². The molecular weight excluding hydrogens is 390 g/mol. The van der Waals surface area contributed by atoms with E-state index in [4.69, 9.17) is 4.74 Å². The maximum atomic E-state index is 12.3. The van der Waals surface area contributed by atoms with Gasteiger partial charge in [0.15, 0.2) is 0 Å². The molecule has 146 valence electrons. The summed E-state index contributed by atoms with van der Waals surface area (Å²) in [6, 6.07) is 16.0. The van der Waals surface area contributed by atoms with Gasteiger partial charge in [-0.05, 0) is 17.7 Å². The number of amides is 3. The lowest BCUT2D eigenvalue weighted by Gasteiger charge is -2.12. The molecule has 0 unspecified atom stereocenters. The summed E-state index contributed by atoms with van der Waals surface area (Å²) in [5, 5.41) is 5.22. The van der Waals surface area contributed by atoms with Gasteiger partial charge in [0.2, 0.25) is 5.91 Å². The monoisotopic (exact) mass is 407 g/mol. The van der Waals surface area contributed by atoms with Gasteiger partial charge in [0, 0.05) is 10.9 Å². The largest absolute Gasteiger partial charge is 0.456 e. The van der Waals surface area contributed by atoms with Gasteiger partial charge in [0.25, 0.3) is 0 Å². The van der Waals surface area contributed by atoms with Crippen LogP contribution < -0.4 is 5.32 Å². The number of rotatable bonds is 6. The fourth-order valence-electron chi connectivity index (χ4n) is 2.85. The van der Waals surface area contributed by atoms with E-state index >= 15 is 0 Å². The van der Waals surface area contributed by atoms with Gasteiger partial charge in [-0.1, -0.05) is 42.5 Å². The lowest BCUT2D eigenvalue weighted by atomic mass is 10.1. The Morgan fingerprint density at radius 2 is 1.86 bits per heavy atom. The van der Waals surface area contributed by atoms with E-state index in [9.17, 15) is 14.4 Å². The van der Waals surface area contributed by atoms with Crippen molar-refractivity contribution in [3.8, 4) is 10.6 Å². The summed E-state index contributed by atoms with van der Waals surface area (Å²) in [5.74, 6) is -0.725. The molecule has 1 saturated heterocycles. The Morgan fingerprint density at radius 1 is 1.10 bits per heavy atom. The predicted molar refractivity (Wildman–Crippen MR) is 107 cm³/mol. The van der Waals surface area contributed by atoms with Crippen molar-refractivity contribution in [1.82, 2.24) is 15.2 Å². The zero-order valence-electron chi connectivity index (χ0n) is 15.3. The number of carbonyl (C=O) groups excluding carboxylic acids is 3. The molecule has 1 aromatic heterocycles. The van der Waals surface area contributed by atoms with E-state index < -0.39 is 12.0 Å². The van der Waals surface area contributed by atoms with Gasteiger partial charge >= 0.3 is 12.0 Å². The van der Waals surface area contributed by atoms with Gasteiger partial charge in [-0.25, -0.2) is 14.6 Å². The lowest BCUT2D eigenvalue weighted by Crippen LogP contribution is -2.30. The minimum atomic E-state index is -0.458. The van der Waals surface area contributed by atoms with Crippen LogP contribution in [0.25, 0.3) is 10.6 Å². The van der Waals surface area contributed by atoms with Crippen molar-refractivity contribution < 1.29 is 19.1 Å². The SMILES string of the molecule is O=C(OCc1csc(-c2ccccc2)n1)c1ccc(CN2C(=O)CNC2=O)cc1. The Kier molecular flexibility index (Phi) is 5.35. The fraction of sp³-hybridized carbons (Fsp3) is 0.143. The number of esters is 1. The van der Waals surface area contributed by atoms with Crippen LogP contribution in [-0.4, -0.2) is 34.3 Å². The van der Waals surface area contributed by atoms with Crippen LogP contribution in [0.1, 0.15) is 21.6 Å². The Labute approximate surface area is 170 Å². The van der Waals surface area contributed by atoms with E-state index in [1.54, 1.807) is 24.3 Å². The summed E-state index contributed by atoms with van der Waals surface area (Å²) in [5.41, 5.74) is 2.86. The van der Waals surface area contributed by atoms with Gasteiger partial charge in [0.1, 0.15) is 11.6 Å². The maximum absolute atomic E-state index is 12.3. The van der Waals surface area contributed by atoms with E-state index in [0.717, 1.165) is 21.0 Å². The van der Waals surface area contributed by atoms with Crippen molar-refractivity contribution in [3.63, 3.8) is 0 Å². The van der Waals surface area contributed by atoms with Gasteiger partial charge < -0.3 is 10.1 Å². The van der Waals surface area contributed by atoms with Crippen LogP contribution in [0.4, 0.5) is 4.79 Å².